The van der Waals surface area contributed by atoms with Gasteiger partial charge in [0.15, 0.2) is 5.65 Å². The number of nitrogens with one attached hydrogen (secondary N) is 1. The number of imidazole rings is 1. The lowest BCUT2D eigenvalue weighted by atomic mass is 10.1. The average molecular weight is 381 g/mol. The van der Waals surface area contributed by atoms with Crippen molar-refractivity contribution in [1.82, 2.24) is 14.7 Å². The number of rotatable bonds is 2. The molecule has 1 aromatic carbocycles. The first-order chi connectivity index (χ1) is 13.2. The van der Waals surface area contributed by atoms with Gasteiger partial charge in [0.2, 0.25) is 0 Å². The Labute approximate surface area is 160 Å². The first kappa shape index (κ1) is 16.4. The van der Waals surface area contributed by atoms with Crippen LogP contribution in [0.4, 0.5) is 5.69 Å². The van der Waals surface area contributed by atoms with Gasteiger partial charge in [-0.1, -0.05) is 11.6 Å². The number of benzene rings is 1. The molecule has 27 heavy (non-hydrogen) atoms. The molecule has 0 bridgehead atoms. The number of aromatic nitrogens is 2. The first-order valence-electron chi connectivity index (χ1n) is 8.86. The molecule has 1 fully saturated rings. The van der Waals surface area contributed by atoms with Crippen molar-refractivity contribution in [1.29, 1.82) is 0 Å². The molecule has 1 aliphatic heterocycles. The van der Waals surface area contributed by atoms with E-state index in [1.165, 1.54) is 0 Å². The smallest absolute Gasteiger partial charge is 0.345 e. The number of pyridine rings is 1. The van der Waals surface area contributed by atoms with Crippen LogP contribution >= 0.6 is 11.6 Å². The van der Waals surface area contributed by atoms with E-state index in [1.54, 1.807) is 16.7 Å². The maximum Gasteiger partial charge on any atom is 0.345 e. The molecular formula is C20H17ClN4O2. The van der Waals surface area contributed by atoms with Gasteiger partial charge in [-0.3, -0.25) is 0 Å². The number of anilines is 1. The fraction of sp³-hybridized carbons (Fsp3) is 0.200. The van der Waals surface area contributed by atoms with E-state index in [9.17, 15) is 4.79 Å². The molecule has 6 nitrogen and oxygen atoms in total. The fourth-order valence-electron chi connectivity index (χ4n) is 3.51. The third kappa shape index (κ3) is 2.87. The summed E-state index contributed by atoms with van der Waals surface area (Å²) in [6, 6.07) is 11.4. The highest BCUT2D eigenvalue weighted by atomic mass is 35.5. The van der Waals surface area contributed by atoms with Gasteiger partial charge >= 0.3 is 5.63 Å². The normalized spacial score (nSPS) is 14.9. The van der Waals surface area contributed by atoms with E-state index < -0.39 is 5.63 Å². The molecule has 0 atom stereocenters. The van der Waals surface area contributed by atoms with E-state index in [-0.39, 0.29) is 0 Å². The second-order valence-electron chi connectivity index (χ2n) is 6.62. The minimum Gasteiger partial charge on any atom is -0.422 e. The Hall–Kier alpha value is -2.83. The highest BCUT2D eigenvalue weighted by Crippen LogP contribution is 2.26. The molecule has 3 aromatic heterocycles. The van der Waals surface area contributed by atoms with Crippen LogP contribution in [0.5, 0.6) is 0 Å². The largest absolute Gasteiger partial charge is 0.422 e. The lowest BCUT2D eigenvalue weighted by Crippen LogP contribution is -2.43. The molecule has 0 amide bonds. The predicted octanol–water partition coefficient (Wildman–Crippen LogP) is 3.17. The van der Waals surface area contributed by atoms with Gasteiger partial charge < -0.3 is 19.0 Å². The van der Waals surface area contributed by atoms with Crippen LogP contribution in [-0.4, -0.2) is 35.6 Å². The molecule has 7 heteroatoms. The van der Waals surface area contributed by atoms with Crippen molar-refractivity contribution in [2.45, 2.75) is 0 Å². The first-order valence-corrected chi connectivity index (χ1v) is 9.24. The van der Waals surface area contributed by atoms with Crippen molar-refractivity contribution in [3.05, 3.63) is 64.2 Å². The Morgan fingerprint density at radius 1 is 1.15 bits per heavy atom. The van der Waals surface area contributed by atoms with Crippen LogP contribution in [-0.2, 0) is 0 Å². The van der Waals surface area contributed by atoms with Crippen LogP contribution in [0.2, 0.25) is 5.02 Å². The number of halogens is 1. The van der Waals surface area contributed by atoms with E-state index in [1.807, 2.05) is 30.5 Å². The molecule has 0 aliphatic carbocycles. The van der Waals surface area contributed by atoms with Gasteiger partial charge in [0.05, 0.1) is 16.3 Å². The van der Waals surface area contributed by atoms with E-state index in [0.717, 1.165) is 37.3 Å². The number of hydrogen-bond acceptors (Lipinski definition) is 5. The summed E-state index contributed by atoms with van der Waals surface area (Å²) in [5, 5.41) is 4.74. The molecule has 4 heterocycles. The van der Waals surface area contributed by atoms with Crippen LogP contribution in [0.1, 0.15) is 0 Å². The van der Waals surface area contributed by atoms with E-state index in [4.69, 9.17) is 16.0 Å². The van der Waals surface area contributed by atoms with Crippen molar-refractivity contribution in [2.24, 2.45) is 0 Å². The van der Waals surface area contributed by atoms with Crippen molar-refractivity contribution < 1.29 is 4.42 Å². The highest BCUT2D eigenvalue weighted by molar-refractivity contribution is 6.33. The van der Waals surface area contributed by atoms with Gasteiger partial charge in [0.25, 0.3) is 0 Å². The highest BCUT2D eigenvalue weighted by Gasteiger charge is 2.15. The second kappa shape index (κ2) is 6.40. The topological polar surface area (TPSA) is 62.8 Å². The van der Waals surface area contributed by atoms with Crippen molar-refractivity contribution in [2.75, 3.05) is 31.1 Å². The summed E-state index contributed by atoms with van der Waals surface area (Å²) >= 11 is 6.19. The van der Waals surface area contributed by atoms with Gasteiger partial charge in [0, 0.05) is 55.7 Å². The monoisotopic (exact) mass is 380 g/mol. The van der Waals surface area contributed by atoms with E-state index in [2.05, 4.69) is 21.3 Å². The number of piperazine rings is 1. The molecule has 5 rings (SSSR count). The molecule has 4 aromatic rings. The minimum absolute atomic E-state index is 0.403. The zero-order chi connectivity index (χ0) is 18.4. The molecule has 0 spiro atoms. The third-order valence-electron chi connectivity index (χ3n) is 4.91. The molecule has 0 saturated carbocycles. The summed E-state index contributed by atoms with van der Waals surface area (Å²) < 4.78 is 7.43. The van der Waals surface area contributed by atoms with Crippen LogP contribution < -0.4 is 15.8 Å². The van der Waals surface area contributed by atoms with E-state index in [0.29, 0.717) is 27.5 Å². The molecule has 0 unspecified atom stereocenters. The zero-order valence-corrected chi connectivity index (χ0v) is 15.2. The lowest BCUT2D eigenvalue weighted by Gasteiger charge is -2.29. The van der Waals surface area contributed by atoms with Crippen LogP contribution in [0.3, 0.4) is 0 Å². The molecule has 1 saturated heterocycles. The summed E-state index contributed by atoms with van der Waals surface area (Å²) in [7, 11) is 0. The van der Waals surface area contributed by atoms with Crippen molar-refractivity contribution in [3.63, 3.8) is 0 Å². The summed E-state index contributed by atoms with van der Waals surface area (Å²) in [5.74, 6) is 0. The molecule has 136 valence electrons. The number of fused-ring (bicyclic) bond motifs is 2. The maximum absolute atomic E-state index is 12.6. The van der Waals surface area contributed by atoms with Gasteiger partial charge in [0.1, 0.15) is 5.58 Å². The lowest BCUT2D eigenvalue weighted by molar-refractivity contribution is 0.561. The molecule has 1 N–H and O–H groups in total. The standard InChI is InChI=1S/C20H17ClN4O2/c21-16-2-1-7-25-12-17(23-19(16)25)15-10-13-3-4-14(11-18(13)27-20(15)26)24-8-5-22-6-9-24/h1-4,7,10-12,22H,5-6,8-9H2. The summed E-state index contributed by atoms with van der Waals surface area (Å²) in [4.78, 5) is 19.4. The zero-order valence-electron chi connectivity index (χ0n) is 14.5. The van der Waals surface area contributed by atoms with Gasteiger partial charge in [-0.2, -0.15) is 0 Å². The molecular weight excluding hydrogens is 364 g/mol. The molecule has 1 aliphatic rings. The summed E-state index contributed by atoms with van der Waals surface area (Å²) in [5.41, 5.74) is 2.84. The number of hydrogen-bond donors (Lipinski definition) is 1. The average Bonchev–Trinajstić information content (AvgIpc) is 3.13. The van der Waals surface area contributed by atoms with E-state index >= 15 is 0 Å². The maximum atomic E-state index is 12.6. The summed E-state index contributed by atoms with van der Waals surface area (Å²) in [6.45, 7) is 3.79. The quantitative estimate of drug-likeness (QED) is 0.541. The Balaban J connectivity index is 1.60. The summed E-state index contributed by atoms with van der Waals surface area (Å²) in [6.07, 6.45) is 3.63. The van der Waals surface area contributed by atoms with Gasteiger partial charge in [-0.15, -0.1) is 0 Å². The Morgan fingerprint density at radius 2 is 2.00 bits per heavy atom. The Kier molecular flexibility index (Phi) is 3.88. The van der Waals surface area contributed by atoms with Crippen LogP contribution in [0, 0.1) is 0 Å². The van der Waals surface area contributed by atoms with Gasteiger partial charge in [-0.25, -0.2) is 9.78 Å². The molecule has 0 radical (unpaired) electrons. The fourth-order valence-corrected chi connectivity index (χ4v) is 3.72. The Bertz CT molecular complexity index is 1210. The third-order valence-corrected chi connectivity index (χ3v) is 5.21. The SMILES string of the molecule is O=c1oc2cc(N3CCNCC3)ccc2cc1-c1cn2cccc(Cl)c2n1. The second-order valence-corrected chi connectivity index (χ2v) is 7.03. The van der Waals surface area contributed by atoms with Crippen molar-refractivity contribution in [3.8, 4) is 11.3 Å². The number of nitrogens with zero attached hydrogens (tertiary/aromatic N) is 3. The van der Waals surface area contributed by atoms with Crippen LogP contribution in [0.15, 0.2) is 58.0 Å². The van der Waals surface area contributed by atoms with Crippen LogP contribution in [0.25, 0.3) is 27.9 Å². The minimum atomic E-state index is -0.403. The Morgan fingerprint density at radius 3 is 2.81 bits per heavy atom. The predicted molar refractivity (Wildman–Crippen MR) is 107 cm³/mol. The van der Waals surface area contributed by atoms with Crippen molar-refractivity contribution >= 4 is 33.9 Å². The van der Waals surface area contributed by atoms with Gasteiger partial charge in [-0.05, 0) is 30.3 Å².